The maximum absolute atomic E-state index is 13.6. The van der Waals surface area contributed by atoms with Crippen molar-refractivity contribution in [2.45, 2.75) is 25.8 Å². The Labute approximate surface area is 168 Å². The fourth-order valence-electron chi connectivity index (χ4n) is 4.55. The van der Waals surface area contributed by atoms with Crippen molar-refractivity contribution in [2.75, 3.05) is 13.1 Å². The molecule has 1 fully saturated rings. The number of H-pyrrole nitrogens is 1. The molecule has 1 N–H and O–H groups in total. The van der Waals surface area contributed by atoms with Crippen molar-refractivity contribution in [3.05, 3.63) is 70.9 Å². The molecule has 2 aliphatic heterocycles. The summed E-state index contributed by atoms with van der Waals surface area (Å²) in [7, 11) is 0. The van der Waals surface area contributed by atoms with Crippen LogP contribution in [0.15, 0.2) is 53.6 Å². The van der Waals surface area contributed by atoms with Crippen LogP contribution in [-0.4, -0.2) is 46.0 Å². The minimum atomic E-state index is -1.08. The molecule has 3 heterocycles. The van der Waals surface area contributed by atoms with Gasteiger partial charge in [-0.05, 0) is 43.0 Å². The fraction of sp³-hybridized carbons (Fsp3) is 0.261. The molecule has 29 heavy (non-hydrogen) atoms. The Morgan fingerprint density at radius 2 is 1.86 bits per heavy atom. The molecule has 5 rings (SSSR count). The lowest BCUT2D eigenvalue weighted by Crippen LogP contribution is -2.65. The summed E-state index contributed by atoms with van der Waals surface area (Å²) in [5.41, 5.74) is 3.82. The molecule has 0 saturated carbocycles. The number of aromatic nitrogens is 1. The summed E-state index contributed by atoms with van der Waals surface area (Å²) in [6.45, 7) is 4.32. The van der Waals surface area contributed by atoms with Gasteiger partial charge in [0, 0.05) is 17.4 Å². The van der Waals surface area contributed by atoms with Crippen LogP contribution in [-0.2, 0) is 21.5 Å². The topological polar surface area (TPSA) is 68.8 Å². The standard InChI is InChI=1S/C23H22N4O2/c1-15-7-3-4-8-16(15)13-24-27-14-20(28)26-12-11-18-17-9-5-6-10-19(17)25-21(18)23(26,2)22(27)29/h3-10,13,25H,11-12,14H2,1-2H3. The molecule has 2 aromatic carbocycles. The zero-order valence-electron chi connectivity index (χ0n) is 16.5. The highest BCUT2D eigenvalue weighted by molar-refractivity contribution is 6.01. The van der Waals surface area contributed by atoms with Crippen LogP contribution >= 0.6 is 0 Å². The Morgan fingerprint density at radius 1 is 1.10 bits per heavy atom. The number of amides is 2. The van der Waals surface area contributed by atoms with E-state index in [1.165, 1.54) is 5.01 Å². The Kier molecular flexibility index (Phi) is 3.84. The van der Waals surface area contributed by atoms with Gasteiger partial charge in [0.2, 0.25) is 5.91 Å². The molecule has 1 unspecified atom stereocenters. The van der Waals surface area contributed by atoms with E-state index in [-0.39, 0.29) is 18.4 Å². The van der Waals surface area contributed by atoms with Gasteiger partial charge in [-0.2, -0.15) is 5.10 Å². The van der Waals surface area contributed by atoms with E-state index in [1.807, 2.05) is 56.3 Å². The number of fused-ring (bicyclic) bond motifs is 5. The zero-order chi connectivity index (χ0) is 20.2. The maximum Gasteiger partial charge on any atom is 0.275 e. The van der Waals surface area contributed by atoms with Crippen molar-refractivity contribution in [3.63, 3.8) is 0 Å². The highest BCUT2D eigenvalue weighted by Gasteiger charge is 2.54. The van der Waals surface area contributed by atoms with E-state index in [1.54, 1.807) is 11.1 Å². The summed E-state index contributed by atoms with van der Waals surface area (Å²) < 4.78 is 0. The fourth-order valence-corrected chi connectivity index (χ4v) is 4.55. The number of hydrazone groups is 1. The van der Waals surface area contributed by atoms with E-state index in [2.05, 4.69) is 16.2 Å². The molecule has 0 radical (unpaired) electrons. The number of nitrogens with one attached hydrogen (secondary N) is 1. The lowest BCUT2D eigenvalue weighted by Gasteiger charge is -2.48. The number of carbonyl (C=O) groups excluding carboxylic acids is 2. The van der Waals surface area contributed by atoms with Crippen LogP contribution in [0.5, 0.6) is 0 Å². The predicted molar refractivity (Wildman–Crippen MR) is 112 cm³/mol. The van der Waals surface area contributed by atoms with E-state index in [4.69, 9.17) is 0 Å². The van der Waals surface area contributed by atoms with Crippen LogP contribution in [0.25, 0.3) is 10.9 Å². The Morgan fingerprint density at radius 3 is 2.69 bits per heavy atom. The van der Waals surface area contributed by atoms with Gasteiger partial charge in [-0.15, -0.1) is 0 Å². The van der Waals surface area contributed by atoms with Crippen LogP contribution in [0.2, 0.25) is 0 Å². The minimum Gasteiger partial charge on any atom is -0.356 e. The van der Waals surface area contributed by atoms with Gasteiger partial charge in [-0.3, -0.25) is 9.59 Å². The van der Waals surface area contributed by atoms with Gasteiger partial charge in [0.25, 0.3) is 5.91 Å². The van der Waals surface area contributed by atoms with Gasteiger partial charge in [-0.25, -0.2) is 5.01 Å². The number of rotatable bonds is 2. The first-order valence-electron chi connectivity index (χ1n) is 9.82. The summed E-state index contributed by atoms with van der Waals surface area (Å²) >= 11 is 0. The maximum atomic E-state index is 13.6. The number of nitrogens with zero attached hydrogens (tertiary/aromatic N) is 3. The highest BCUT2D eigenvalue weighted by atomic mass is 16.2. The monoisotopic (exact) mass is 386 g/mol. The van der Waals surface area contributed by atoms with Gasteiger partial charge >= 0.3 is 0 Å². The normalized spacial score (nSPS) is 21.7. The molecule has 1 saturated heterocycles. The molecular weight excluding hydrogens is 364 g/mol. The van der Waals surface area contributed by atoms with Crippen LogP contribution in [0.1, 0.15) is 29.3 Å². The number of carbonyl (C=O) groups is 2. The summed E-state index contributed by atoms with van der Waals surface area (Å²) in [6.07, 6.45) is 2.40. The van der Waals surface area contributed by atoms with Gasteiger partial charge in [0.15, 0.2) is 5.54 Å². The molecule has 0 bridgehead atoms. The van der Waals surface area contributed by atoms with Crippen molar-refractivity contribution in [1.29, 1.82) is 0 Å². The lowest BCUT2D eigenvalue weighted by molar-refractivity contribution is -0.165. The number of benzene rings is 2. The number of piperazine rings is 1. The van der Waals surface area contributed by atoms with Crippen molar-refractivity contribution >= 4 is 28.9 Å². The van der Waals surface area contributed by atoms with E-state index >= 15 is 0 Å². The SMILES string of the molecule is Cc1ccccc1C=NN1CC(=O)N2CCc3c([nH]c4ccccc34)C2(C)C1=O. The van der Waals surface area contributed by atoms with Crippen LogP contribution in [0.4, 0.5) is 0 Å². The van der Waals surface area contributed by atoms with E-state index in [9.17, 15) is 9.59 Å². The average molecular weight is 386 g/mol. The third-order valence-corrected chi connectivity index (χ3v) is 6.19. The summed E-state index contributed by atoms with van der Waals surface area (Å²) in [6, 6.07) is 15.9. The summed E-state index contributed by atoms with van der Waals surface area (Å²) in [5, 5.41) is 6.83. The number of aromatic amines is 1. The molecule has 6 nitrogen and oxygen atoms in total. The molecular formula is C23H22N4O2. The van der Waals surface area contributed by atoms with Crippen molar-refractivity contribution in [2.24, 2.45) is 5.10 Å². The number of aryl methyl sites for hydroxylation is 1. The van der Waals surface area contributed by atoms with Gasteiger partial charge in [-0.1, -0.05) is 42.5 Å². The van der Waals surface area contributed by atoms with Gasteiger partial charge < -0.3 is 9.88 Å². The number of hydrogen-bond acceptors (Lipinski definition) is 3. The number of para-hydroxylation sites is 1. The highest BCUT2D eigenvalue weighted by Crippen LogP contribution is 2.41. The molecule has 146 valence electrons. The summed E-state index contributed by atoms with van der Waals surface area (Å²) in [4.78, 5) is 31.6. The van der Waals surface area contributed by atoms with Crippen molar-refractivity contribution < 1.29 is 9.59 Å². The lowest BCUT2D eigenvalue weighted by atomic mass is 9.83. The summed E-state index contributed by atoms with van der Waals surface area (Å²) in [5.74, 6) is -0.271. The first-order valence-corrected chi connectivity index (χ1v) is 9.82. The Balaban J connectivity index is 1.58. The van der Waals surface area contributed by atoms with Crippen LogP contribution < -0.4 is 0 Å². The second kappa shape index (κ2) is 6.30. The first-order chi connectivity index (χ1) is 14.0. The van der Waals surface area contributed by atoms with E-state index < -0.39 is 5.54 Å². The smallest absolute Gasteiger partial charge is 0.275 e. The molecule has 1 aromatic heterocycles. The molecule has 1 atom stereocenters. The third-order valence-electron chi connectivity index (χ3n) is 6.19. The molecule has 0 aliphatic carbocycles. The van der Waals surface area contributed by atoms with E-state index in [0.29, 0.717) is 6.54 Å². The van der Waals surface area contributed by atoms with Crippen molar-refractivity contribution in [1.82, 2.24) is 14.9 Å². The Hall–Kier alpha value is -3.41. The molecule has 3 aromatic rings. The zero-order valence-corrected chi connectivity index (χ0v) is 16.5. The Bertz CT molecular complexity index is 1180. The van der Waals surface area contributed by atoms with Gasteiger partial charge in [0.05, 0.1) is 11.9 Å². The minimum absolute atomic E-state index is 0.0354. The quantitative estimate of drug-likeness (QED) is 0.688. The second-order valence-corrected chi connectivity index (χ2v) is 7.86. The van der Waals surface area contributed by atoms with Crippen molar-refractivity contribution in [3.8, 4) is 0 Å². The predicted octanol–water partition coefficient (Wildman–Crippen LogP) is 2.95. The largest absolute Gasteiger partial charge is 0.356 e. The first kappa shape index (κ1) is 17.7. The molecule has 6 heteroatoms. The molecule has 0 spiro atoms. The molecule has 2 amide bonds. The molecule has 2 aliphatic rings. The third kappa shape index (κ3) is 2.52. The van der Waals surface area contributed by atoms with Gasteiger partial charge in [0.1, 0.15) is 6.54 Å². The average Bonchev–Trinajstić information content (AvgIpc) is 3.11. The number of hydrogen-bond donors (Lipinski definition) is 1. The van der Waals surface area contributed by atoms with Crippen LogP contribution in [0, 0.1) is 6.92 Å². The van der Waals surface area contributed by atoms with E-state index in [0.717, 1.165) is 39.7 Å². The van der Waals surface area contributed by atoms with Crippen LogP contribution in [0.3, 0.4) is 0 Å². The second-order valence-electron chi connectivity index (χ2n) is 7.86.